The minimum Gasteiger partial charge on any atom is -0.444 e. The first-order valence-electron chi connectivity index (χ1n) is 10.4. The molecular formula is C22H33N3O3. The van der Waals surface area contributed by atoms with Crippen LogP contribution < -0.4 is 5.32 Å². The number of hydrogen-bond acceptors (Lipinski definition) is 4. The molecule has 1 aliphatic heterocycles. The number of ether oxygens (including phenoxy) is 1. The van der Waals surface area contributed by atoms with Gasteiger partial charge in [-0.15, -0.1) is 0 Å². The van der Waals surface area contributed by atoms with Gasteiger partial charge in [0, 0.05) is 39.1 Å². The van der Waals surface area contributed by atoms with Gasteiger partial charge in [-0.1, -0.05) is 24.3 Å². The lowest BCUT2D eigenvalue weighted by molar-refractivity contribution is -0.122. The molecular weight excluding hydrogens is 354 g/mol. The Labute approximate surface area is 168 Å². The van der Waals surface area contributed by atoms with Crippen molar-refractivity contribution in [1.82, 2.24) is 15.1 Å². The van der Waals surface area contributed by atoms with E-state index in [0.29, 0.717) is 19.5 Å². The number of aryl methyl sites for hydroxylation is 1. The molecule has 1 aromatic rings. The molecule has 3 rings (SSSR count). The summed E-state index contributed by atoms with van der Waals surface area (Å²) in [4.78, 5) is 28.6. The highest BCUT2D eigenvalue weighted by atomic mass is 16.6. The van der Waals surface area contributed by atoms with Crippen LogP contribution >= 0.6 is 0 Å². The first-order chi connectivity index (χ1) is 13.3. The molecule has 1 heterocycles. The van der Waals surface area contributed by atoms with E-state index in [9.17, 15) is 9.59 Å². The maximum atomic E-state index is 12.5. The number of carbonyl (C=O) groups is 2. The summed E-state index contributed by atoms with van der Waals surface area (Å²) >= 11 is 0. The number of amides is 2. The standard InChI is InChI=1S/C22H33N3O3/c1-22(2,3)28-21(27)25-15-13-24(14-16-25)12-11-20(26)23-19-10-6-8-17-7-4-5-9-18(17)19/h4-5,7,9,19H,6,8,10-16H2,1-3H3,(H,23,26). The maximum absolute atomic E-state index is 12.5. The molecule has 2 amide bonds. The molecule has 1 atom stereocenters. The van der Waals surface area contributed by atoms with Gasteiger partial charge in [-0.2, -0.15) is 0 Å². The van der Waals surface area contributed by atoms with Gasteiger partial charge in [0.2, 0.25) is 5.91 Å². The fraction of sp³-hybridized carbons (Fsp3) is 0.636. The Bertz CT molecular complexity index is 691. The Morgan fingerprint density at radius 1 is 1.14 bits per heavy atom. The van der Waals surface area contributed by atoms with Crippen molar-refractivity contribution < 1.29 is 14.3 Å². The van der Waals surface area contributed by atoms with E-state index in [1.807, 2.05) is 26.8 Å². The fourth-order valence-corrected chi connectivity index (χ4v) is 3.91. The van der Waals surface area contributed by atoms with Crippen LogP contribution in [0.15, 0.2) is 24.3 Å². The molecule has 154 valence electrons. The topological polar surface area (TPSA) is 61.9 Å². The molecule has 1 saturated heterocycles. The predicted molar refractivity (Wildman–Crippen MR) is 109 cm³/mol. The highest BCUT2D eigenvalue weighted by molar-refractivity contribution is 5.76. The Morgan fingerprint density at radius 2 is 1.86 bits per heavy atom. The number of benzene rings is 1. The Kier molecular flexibility index (Phi) is 6.60. The summed E-state index contributed by atoms with van der Waals surface area (Å²) < 4.78 is 5.43. The van der Waals surface area contributed by atoms with E-state index in [2.05, 4.69) is 28.4 Å². The van der Waals surface area contributed by atoms with Crippen molar-refractivity contribution >= 4 is 12.0 Å². The van der Waals surface area contributed by atoms with Crippen molar-refractivity contribution in [1.29, 1.82) is 0 Å². The summed E-state index contributed by atoms with van der Waals surface area (Å²) in [5.74, 6) is 0.108. The third kappa shape index (κ3) is 5.71. The van der Waals surface area contributed by atoms with Gasteiger partial charge in [0.15, 0.2) is 0 Å². The average molecular weight is 388 g/mol. The zero-order valence-electron chi connectivity index (χ0n) is 17.4. The predicted octanol–water partition coefficient (Wildman–Crippen LogP) is 3.12. The average Bonchev–Trinajstić information content (AvgIpc) is 2.66. The third-order valence-electron chi connectivity index (χ3n) is 5.38. The minimum atomic E-state index is -0.468. The van der Waals surface area contributed by atoms with Gasteiger partial charge in [-0.3, -0.25) is 9.69 Å². The summed E-state index contributed by atoms with van der Waals surface area (Å²) in [5, 5.41) is 3.22. The molecule has 1 fully saturated rings. The Morgan fingerprint density at radius 3 is 2.57 bits per heavy atom. The van der Waals surface area contributed by atoms with Gasteiger partial charge in [0.25, 0.3) is 0 Å². The van der Waals surface area contributed by atoms with E-state index in [4.69, 9.17) is 4.74 Å². The van der Waals surface area contributed by atoms with Gasteiger partial charge < -0.3 is 15.0 Å². The van der Waals surface area contributed by atoms with Gasteiger partial charge in [0.05, 0.1) is 6.04 Å². The van der Waals surface area contributed by atoms with Crippen LogP contribution in [0, 0.1) is 0 Å². The summed E-state index contributed by atoms with van der Waals surface area (Å²) in [6.45, 7) is 9.21. The van der Waals surface area contributed by atoms with Crippen LogP contribution in [0.5, 0.6) is 0 Å². The molecule has 28 heavy (non-hydrogen) atoms. The lowest BCUT2D eigenvalue weighted by atomic mass is 9.87. The van der Waals surface area contributed by atoms with Crippen LogP contribution in [0.25, 0.3) is 0 Å². The lowest BCUT2D eigenvalue weighted by Gasteiger charge is -2.35. The lowest BCUT2D eigenvalue weighted by Crippen LogP contribution is -2.50. The normalized spacial score (nSPS) is 20.4. The van der Waals surface area contributed by atoms with E-state index < -0.39 is 5.60 Å². The van der Waals surface area contributed by atoms with E-state index >= 15 is 0 Å². The highest BCUT2D eigenvalue weighted by Crippen LogP contribution is 2.29. The molecule has 0 radical (unpaired) electrons. The molecule has 0 spiro atoms. The van der Waals surface area contributed by atoms with E-state index in [0.717, 1.165) is 38.9 Å². The number of nitrogens with one attached hydrogen (secondary N) is 1. The quantitative estimate of drug-likeness (QED) is 0.862. The zero-order valence-corrected chi connectivity index (χ0v) is 17.4. The summed E-state index contributed by atoms with van der Waals surface area (Å²) in [5.41, 5.74) is 2.16. The maximum Gasteiger partial charge on any atom is 0.410 e. The second-order valence-corrected chi connectivity index (χ2v) is 8.77. The molecule has 1 aromatic carbocycles. The smallest absolute Gasteiger partial charge is 0.410 e. The van der Waals surface area contributed by atoms with Crippen molar-refractivity contribution in [2.45, 2.75) is 58.1 Å². The molecule has 1 aliphatic carbocycles. The van der Waals surface area contributed by atoms with Gasteiger partial charge in [-0.25, -0.2) is 4.79 Å². The SMILES string of the molecule is CC(C)(C)OC(=O)N1CCN(CCC(=O)NC2CCCc3ccccc32)CC1. The van der Waals surface area contributed by atoms with E-state index in [1.165, 1.54) is 11.1 Å². The van der Waals surface area contributed by atoms with E-state index in [1.54, 1.807) is 4.90 Å². The van der Waals surface area contributed by atoms with Crippen molar-refractivity contribution in [3.05, 3.63) is 35.4 Å². The number of nitrogens with zero attached hydrogens (tertiary/aromatic N) is 2. The summed E-state index contributed by atoms with van der Waals surface area (Å²) in [6, 6.07) is 8.56. The minimum absolute atomic E-state index is 0.108. The van der Waals surface area contributed by atoms with E-state index in [-0.39, 0.29) is 18.0 Å². The fourth-order valence-electron chi connectivity index (χ4n) is 3.91. The largest absolute Gasteiger partial charge is 0.444 e. The van der Waals surface area contributed by atoms with Crippen LogP contribution in [-0.2, 0) is 16.0 Å². The molecule has 0 saturated carbocycles. The monoisotopic (exact) mass is 387 g/mol. The van der Waals surface area contributed by atoms with Crippen LogP contribution in [0.4, 0.5) is 4.79 Å². The molecule has 0 aromatic heterocycles. The second kappa shape index (κ2) is 8.95. The van der Waals surface area contributed by atoms with Crippen molar-refractivity contribution in [2.24, 2.45) is 0 Å². The van der Waals surface area contributed by atoms with Gasteiger partial charge in [0.1, 0.15) is 5.60 Å². The number of piperazine rings is 1. The number of carbonyl (C=O) groups excluding carboxylic acids is 2. The summed E-state index contributed by atoms with van der Waals surface area (Å²) in [7, 11) is 0. The van der Waals surface area contributed by atoms with Crippen LogP contribution in [0.3, 0.4) is 0 Å². The number of hydrogen-bond donors (Lipinski definition) is 1. The van der Waals surface area contributed by atoms with Crippen molar-refractivity contribution in [3.63, 3.8) is 0 Å². The Balaban J connectivity index is 1.40. The summed E-state index contributed by atoms with van der Waals surface area (Å²) in [6.07, 6.45) is 3.47. The third-order valence-corrected chi connectivity index (χ3v) is 5.38. The van der Waals surface area contributed by atoms with Crippen molar-refractivity contribution in [2.75, 3.05) is 32.7 Å². The first-order valence-corrected chi connectivity index (χ1v) is 10.4. The Hall–Kier alpha value is -2.08. The number of fused-ring (bicyclic) bond motifs is 1. The second-order valence-electron chi connectivity index (χ2n) is 8.77. The molecule has 2 aliphatic rings. The van der Waals surface area contributed by atoms with Crippen LogP contribution in [0.2, 0.25) is 0 Å². The molecule has 6 nitrogen and oxygen atoms in total. The van der Waals surface area contributed by atoms with Crippen LogP contribution in [-0.4, -0.2) is 60.1 Å². The first kappa shape index (κ1) is 20.6. The molecule has 6 heteroatoms. The zero-order chi connectivity index (χ0) is 20.1. The van der Waals surface area contributed by atoms with Gasteiger partial charge >= 0.3 is 6.09 Å². The molecule has 0 bridgehead atoms. The van der Waals surface area contributed by atoms with Crippen molar-refractivity contribution in [3.8, 4) is 0 Å². The number of rotatable bonds is 4. The highest BCUT2D eigenvalue weighted by Gasteiger charge is 2.26. The van der Waals surface area contributed by atoms with Crippen LogP contribution in [0.1, 0.15) is 57.2 Å². The molecule has 1 N–H and O–H groups in total. The molecule has 1 unspecified atom stereocenters. The van der Waals surface area contributed by atoms with Gasteiger partial charge in [-0.05, 0) is 51.2 Å².